The van der Waals surface area contributed by atoms with Crippen molar-refractivity contribution in [3.63, 3.8) is 0 Å². The highest BCUT2D eigenvalue weighted by atomic mass is 16.7. The first-order valence-electron chi connectivity index (χ1n) is 6.12. The van der Waals surface area contributed by atoms with E-state index in [1.165, 1.54) is 0 Å². The topological polar surface area (TPSA) is 95.2 Å². The summed E-state index contributed by atoms with van der Waals surface area (Å²) in [6, 6.07) is 7.64. The van der Waals surface area contributed by atoms with Crippen LogP contribution in [0.5, 0.6) is 0 Å². The van der Waals surface area contributed by atoms with Crippen LogP contribution in [0.4, 0.5) is 0 Å². The van der Waals surface area contributed by atoms with Crippen LogP contribution in [0.25, 0.3) is 0 Å². The van der Waals surface area contributed by atoms with E-state index in [1.54, 1.807) is 6.21 Å². The van der Waals surface area contributed by atoms with Gasteiger partial charge in [0.05, 0.1) is 6.21 Å². The third kappa shape index (κ3) is 5.50. The zero-order valence-corrected chi connectivity index (χ0v) is 11.2. The van der Waals surface area contributed by atoms with Crippen LogP contribution in [0.3, 0.4) is 0 Å². The summed E-state index contributed by atoms with van der Waals surface area (Å²) in [5, 5.41) is 7.27. The lowest BCUT2D eigenvalue weighted by Gasteiger charge is -2.17. The zero-order chi connectivity index (χ0) is 14.1. The predicted molar refractivity (Wildman–Crippen MR) is 75.8 cm³/mol. The highest BCUT2D eigenvalue weighted by Gasteiger charge is 2.10. The fourth-order valence-electron chi connectivity index (χ4n) is 1.44. The van der Waals surface area contributed by atoms with Gasteiger partial charge in [0, 0.05) is 18.8 Å². The van der Waals surface area contributed by atoms with Gasteiger partial charge in [0.1, 0.15) is 0 Å². The highest BCUT2D eigenvalue weighted by Crippen LogP contribution is 2.19. The van der Waals surface area contributed by atoms with E-state index in [9.17, 15) is 0 Å². The Labute approximate surface area is 113 Å². The first-order chi connectivity index (χ1) is 9.17. The van der Waals surface area contributed by atoms with Gasteiger partial charge in [-0.05, 0) is 19.4 Å². The summed E-state index contributed by atoms with van der Waals surface area (Å²) >= 11 is 0. The maximum absolute atomic E-state index is 5.51. The Morgan fingerprint density at radius 3 is 2.21 bits per heavy atom. The van der Waals surface area contributed by atoms with Crippen LogP contribution in [0, 0.1) is 0 Å². The number of benzene rings is 1. The number of guanidine groups is 1. The van der Waals surface area contributed by atoms with Crippen LogP contribution in [0.1, 0.15) is 31.3 Å². The number of nitrogens with zero attached hydrogens (tertiary/aromatic N) is 2. The maximum Gasteiger partial charge on any atom is 0.211 e. The van der Waals surface area contributed by atoms with Gasteiger partial charge in [0.2, 0.25) is 5.96 Å². The van der Waals surface area contributed by atoms with Gasteiger partial charge in [-0.2, -0.15) is 5.10 Å². The quantitative estimate of drug-likeness (QED) is 0.336. The molecule has 0 unspecified atom stereocenters. The van der Waals surface area contributed by atoms with Gasteiger partial charge in [0.15, 0.2) is 6.29 Å². The molecular formula is C13H20N4O2. The van der Waals surface area contributed by atoms with Crippen molar-refractivity contribution >= 4 is 12.2 Å². The Morgan fingerprint density at radius 2 is 1.74 bits per heavy atom. The molecule has 0 bridgehead atoms. The second-order valence-corrected chi connectivity index (χ2v) is 3.68. The normalized spacial score (nSPS) is 11.1. The first kappa shape index (κ1) is 15.1. The van der Waals surface area contributed by atoms with E-state index >= 15 is 0 Å². The fraction of sp³-hybridized carbons (Fsp3) is 0.385. The SMILES string of the molecule is CCOC(OCC)c1ccc(C=NN=C(N)N)cc1. The molecular weight excluding hydrogens is 244 g/mol. The van der Waals surface area contributed by atoms with Crippen molar-refractivity contribution in [3.8, 4) is 0 Å². The summed E-state index contributed by atoms with van der Waals surface area (Å²) in [4.78, 5) is 0. The van der Waals surface area contributed by atoms with E-state index in [4.69, 9.17) is 20.9 Å². The van der Waals surface area contributed by atoms with Crippen molar-refractivity contribution in [2.45, 2.75) is 20.1 Å². The first-order valence-corrected chi connectivity index (χ1v) is 6.12. The highest BCUT2D eigenvalue weighted by molar-refractivity contribution is 5.81. The lowest BCUT2D eigenvalue weighted by atomic mass is 10.1. The molecule has 4 N–H and O–H groups in total. The second kappa shape index (κ2) is 8.23. The molecule has 0 aliphatic heterocycles. The summed E-state index contributed by atoms with van der Waals surface area (Å²) < 4.78 is 11.0. The Bertz CT molecular complexity index is 419. The lowest BCUT2D eigenvalue weighted by Crippen LogP contribution is -2.21. The average Bonchev–Trinajstić information content (AvgIpc) is 2.39. The van der Waals surface area contributed by atoms with Crippen molar-refractivity contribution in [2.24, 2.45) is 21.7 Å². The summed E-state index contributed by atoms with van der Waals surface area (Å²) in [6.45, 7) is 5.06. The van der Waals surface area contributed by atoms with E-state index in [1.807, 2.05) is 38.1 Å². The van der Waals surface area contributed by atoms with E-state index in [0.717, 1.165) is 11.1 Å². The molecule has 1 aromatic carbocycles. The van der Waals surface area contributed by atoms with Crippen molar-refractivity contribution in [1.82, 2.24) is 0 Å². The van der Waals surface area contributed by atoms with Crippen molar-refractivity contribution < 1.29 is 9.47 Å². The van der Waals surface area contributed by atoms with Gasteiger partial charge >= 0.3 is 0 Å². The third-order valence-electron chi connectivity index (χ3n) is 2.22. The Kier molecular flexibility index (Phi) is 6.56. The van der Waals surface area contributed by atoms with Gasteiger partial charge < -0.3 is 20.9 Å². The maximum atomic E-state index is 5.51. The minimum atomic E-state index is -0.335. The molecule has 1 aromatic rings. The third-order valence-corrected chi connectivity index (χ3v) is 2.22. The second-order valence-electron chi connectivity index (χ2n) is 3.68. The molecule has 0 aromatic heterocycles. The molecule has 0 spiro atoms. The number of rotatable bonds is 7. The molecule has 6 heteroatoms. The van der Waals surface area contributed by atoms with Crippen LogP contribution >= 0.6 is 0 Å². The van der Waals surface area contributed by atoms with E-state index in [0.29, 0.717) is 13.2 Å². The molecule has 0 aliphatic carbocycles. The number of nitrogens with two attached hydrogens (primary N) is 2. The van der Waals surface area contributed by atoms with Crippen LogP contribution in [0.15, 0.2) is 34.5 Å². The zero-order valence-electron chi connectivity index (χ0n) is 11.2. The van der Waals surface area contributed by atoms with Gasteiger partial charge in [-0.1, -0.05) is 24.3 Å². The monoisotopic (exact) mass is 264 g/mol. The van der Waals surface area contributed by atoms with Crippen molar-refractivity contribution in [1.29, 1.82) is 0 Å². The Balaban J connectivity index is 2.74. The molecule has 0 amide bonds. The molecule has 1 rings (SSSR count). The number of hydrogen-bond acceptors (Lipinski definition) is 4. The summed E-state index contributed by atoms with van der Waals surface area (Å²) in [6.07, 6.45) is 1.23. The fourth-order valence-corrected chi connectivity index (χ4v) is 1.44. The molecule has 0 radical (unpaired) electrons. The van der Waals surface area contributed by atoms with E-state index in [-0.39, 0.29) is 12.2 Å². The summed E-state index contributed by atoms with van der Waals surface area (Å²) in [5.41, 5.74) is 12.2. The van der Waals surface area contributed by atoms with Crippen LogP contribution in [-0.4, -0.2) is 25.4 Å². The molecule has 0 saturated heterocycles. The Morgan fingerprint density at radius 1 is 1.16 bits per heavy atom. The van der Waals surface area contributed by atoms with Crippen LogP contribution in [0.2, 0.25) is 0 Å². The smallest absolute Gasteiger partial charge is 0.211 e. The summed E-state index contributed by atoms with van der Waals surface area (Å²) in [7, 11) is 0. The van der Waals surface area contributed by atoms with Gasteiger partial charge in [0.25, 0.3) is 0 Å². The minimum absolute atomic E-state index is 0.0689. The van der Waals surface area contributed by atoms with Crippen LogP contribution in [-0.2, 0) is 9.47 Å². The minimum Gasteiger partial charge on any atom is -0.369 e. The van der Waals surface area contributed by atoms with Gasteiger partial charge in [-0.3, -0.25) is 0 Å². The largest absolute Gasteiger partial charge is 0.369 e. The molecule has 0 fully saturated rings. The van der Waals surface area contributed by atoms with E-state index in [2.05, 4.69) is 10.2 Å². The molecule has 0 aliphatic rings. The number of ether oxygens (including phenoxy) is 2. The summed E-state index contributed by atoms with van der Waals surface area (Å²) in [5.74, 6) is -0.0689. The molecule has 104 valence electrons. The molecule has 0 heterocycles. The predicted octanol–water partition coefficient (Wildman–Crippen LogP) is 1.37. The van der Waals surface area contributed by atoms with E-state index < -0.39 is 0 Å². The van der Waals surface area contributed by atoms with Gasteiger partial charge in [-0.15, -0.1) is 5.10 Å². The van der Waals surface area contributed by atoms with Gasteiger partial charge in [-0.25, -0.2) is 0 Å². The van der Waals surface area contributed by atoms with Crippen molar-refractivity contribution in [3.05, 3.63) is 35.4 Å². The van der Waals surface area contributed by atoms with Crippen LogP contribution < -0.4 is 11.5 Å². The molecule has 19 heavy (non-hydrogen) atoms. The Hall–Kier alpha value is -1.92. The molecule has 0 atom stereocenters. The lowest BCUT2D eigenvalue weighted by molar-refractivity contribution is -0.140. The molecule has 6 nitrogen and oxygen atoms in total. The average molecular weight is 264 g/mol. The number of hydrogen-bond donors (Lipinski definition) is 2. The standard InChI is InChI=1S/C13H20N4O2/c1-3-18-12(19-4-2)11-7-5-10(6-8-11)9-16-17-13(14)15/h5-9,12H,3-4H2,1-2H3,(H4,14,15,17). The molecule has 0 saturated carbocycles. The van der Waals surface area contributed by atoms with Crippen molar-refractivity contribution in [2.75, 3.05) is 13.2 Å².